The van der Waals surface area contributed by atoms with Crippen LogP contribution in [0.15, 0.2) is 12.2 Å². The zero-order valence-electron chi connectivity index (χ0n) is 25.5. The first-order chi connectivity index (χ1) is 17.2. The zero-order valence-corrected chi connectivity index (χ0v) is 25.5. The maximum atomic E-state index is 13.1. The number of amides is 1. The van der Waals surface area contributed by atoms with Crippen molar-refractivity contribution >= 4 is 12.1 Å². The van der Waals surface area contributed by atoms with Crippen LogP contribution >= 0.6 is 0 Å². The predicted octanol–water partition coefficient (Wildman–Crippen LogP) is 8.57. The van der Waals surface area contributed by atoms with Crippen molar-refractivity contribution in [2.75, 3.05) is 6.61 Å². The molecule has 6 nitrogen and oxygen atoms in total. The number of esters is 1. The van der Waals surface area contributed by atoms with Gasteiger partial charge in [0.05, 0.1) is 5.41 Å². The van der Waals surface area contributed by atoms with E-state index in [9.17, 15) is 9.59 Å². The second-order valence-corrected chi connectivity index (χ2v) is 13.0. The van der Waals surface area contributed by atoms with Crippen LogP contribution in [0, 0.1) is 5.41 Å². The van der Waals surface area contributed by atoms with Crippen LogP contribution < -0.4 is 0 Å². The molecule has 1 heterocycles. The van der Waals surface area contributed by atoms with Gasteiger partial charge in [0.15, 0.2) is 0 Å². The smallest absolute Gasteiger partial charge is 0.413 e. The Balaban J connectivity index is 2.62. The summed E-state index contributed by atoms with van der Waals surface area (Å²) in [6.45, 7) is 17.0. The van der Waals surface area contributed by atoms with Gasteiger partial charge in [-0.15, -0.1) is 0 Å². The van der Waals surface area contributed by atoms with Crippen molar-refractivity contribution in [2.45, 2.75) is 163 Å². The fraction of sp³-hybridized carbons (Fsp3) is 0.871. The van der Waals surface area contributed by atoms with Crippen molar-refractivity contribution in [1.82, 2.24) is 4.90 Å². The van der Waals surface area contributed by atoms with E-state index < -0.39 is 28.9 Å². The van der Waals surface area contributed by atoms with Gasteiger partial charge in [0.2, 0.25) is 0 Å². The van der Waals surface area contributed by atoms with Crippen LogP contribution in [0.1, 0.15) is 139 Å². The molecule has 1 aliphatic heterocycles. The molecule has 0 radical (unpaired) electrons. The van der Waals surface area contributed by atoms with Crippen LogP contribution in [-0.2, 0) is 19.0 Å². The van der Waals surface area contributed by atoms with Crippen LogP contribution in [0.2, 0.25) is 0 Å². The Morgan fingerprint density at radius 2 is 1.38 bits per heavy atom. The molecular formula is C31H57NO5. The standard InChI is InChI=1S/C31H57NO5/c1-10-11-12-13-14-15-16-17-18-19-20-21-22-23-26-25(24-35-27(33)29(2,3)4)32(31(8,9)36-26)28(34)37-30(5,6)7/h22-23,25-26H,10-21,24H2,1-9H3/t25?,26-/m1/s1. The number of carbonyl (C=O) groups excluding carboxylic acids is 2. The van der Waals surface area contributed by atoms with E-state index in [0.717, 1.165) is 12.8 Å². The highest BCUT2D eigenvalue weighted by Crippen LogP contribution is 2.35. The molecule has 0 aromatic carbocycles. The first kappa shape index (κ1) is 33.5. The maximum absolute atomic E-state index is 13.1. The Kier molecular flexibility index (Phi) is 14.3. The lowest BCUT2D eigenvalue weighted by atomic mass is 9.97. The highest BCUT2D eigenvalue weighted by atomic mass is 16.6. The number of allylic oxidation sites excluding steroid dienone is 1. The Morgan fingerprint density at radius 3 is 1.86 bits per heavy atom. The molecule has 0 aromatic rings. The summed E-state index contributed by atoms with van der Waals surface area (Å²) in [6.07, 6.45) is 18.9. The normalized spacial score (nSPS) is 20.0. The predicted molar refractivity (Wildman–Crippen MR) is 151 cm³/mol. The van der Waals surface area contributed by atoms with E-state index in [1.54, 1.807) is 4.90 Å². The Hall–Kier alpha value is -1.56. The van der Waals surface area contributed by atoms with Crippen molar-refractivity contribution in [3.63, 3.8) is 0 Å². The highest BCUT2D eigenvalue weighted by molar-refractivity contribution is 5.75. The maximum Gasteiger partial charge on any atom is 0.413 e. The summed E-state index contributed by atoms with van der Waals surface area (Å²) in [5.41, 5.74) is -2.14. The molecule has 0 spiro atoms. The third kappa shape index (κ3) is 13.2. The van der Waals surface area contributed by atoms with Crippen LogP contribution in [0.25, 0.3) is 0 Å². The molecule has 0 aliphatic carbocycles. The van der Waals surface area contributed by atoms with Crippen LogP contribution in [0.5, 0.6) is 0 Å². The molecule has 0 bridgehead atoms. The van der Waals surface area contributed by atoms with Crippen LogP contribution in [0.3, 0.4) is 0 Å². The molecule has 1 rings (SSSR count). The van der Waals surface area contributed by atoms with E-state index in [-0.39, 0.29) is 18.7 Å². The first-order valence-corrected chi connectivity index (χ1v) is 14.7. The number of nitrogens with zero attached hydrogens (tertiary/aromatic N) is 1. The molecule has 37 heavy (non-hydrogen) atoms. The summed E-state index contributed by atoms with van der Waals surface area (Å²) in [5, 5.41) is 0. The van der Waals surface area contributed by atoms with E-state index >= 15 is 0 Å². The lowest BCUT2D eigenvalue weighted by Gasteiger charge is -2.35. The molecule has 0 saturated carbocycles. The number of unbranched alkanes of at least 4 members (excludes halogenated alkanes) is 11. The number of hydrogen-bond acceptors (Lipinski definition) is 5. The molecule has 216 valence electrons. The largest absolute Gasteiger partial charge is 0.463 e. The minimum Gasteiger partial charge on any atom is -0.463 e. The summed E-state index contributed by atoms with van der Waals surface area (Å²) in [5.74, 6) is -0.301. The topological polar surface area (TPSA) is 65.1 Å². The molecule has 2 atom stereocenters. The second kappa shape index (κ2) is 15.8. The van der Waals surface area contributed by atoms with Gasteiger partial charge in [-0.3, -0.25) is 9.69 Å². The molecule has 1 unspecified atom stereocenters. The molecule has 1 fully saturated rings. The number of carbonyl (C=O) groups is 2. The third-order valence-electron chi connectivity index (χ3n) is 6.60. The Morgan fingerprint density at radius 1 is 0.865 bits per heavy atom. The van der Waals surface area contributed by atoms with E-state index in [2.05, 4.69) is 13.0 Å². The lowest BCUT2D eigenvalue weighted by Crippen LogP contribution is -2.52. The van der Waals surface area contributed by atoms with Gasteiger partial charge in [-0.1, -0.05) is 83.3 Å². The molecule has 6 heteroatoms. The summed E-state index contributed by atoms with van der Waals surface area (Å²) < 4.78 is 17.6. The van der Waals surface area contributed by atoms with Gasteiger partial charge in [0, 0.05) is 0 Å². The molecular weight excluding hydrogens is 466 g/mol. The SMILES string of the molecule is CCCCCCCCCCCCCC=C[C@H]1OC(C)(C)N(C(=O)OC(C)(C)C)C1COC(=O)C(C)(C)C. The van der Waals surface area contributed by atoms with Gasteiger partial charge < -0.3 is 14.2 Å². The van der Waals surface area contributed by atoms with Gasteiger partial charge in [-0.25, -0.2) is 4.79 Å². The molecule has 1 aliphatic rings. The summed E-state index contributed by atoms with van der Waals surface area (Å²) in [6, 6.07) is -0.454. The van der Waals surface area contributed by atoms with E-state index in [1.165, 1.54) is 64.2 Å². The minimum absolute atomic E-state index is 0.0617. The van der Waals surface area contributed by atoms with E-state index in [4.69, 9.17) is 14.2 Å². The quantitative estimate of drug-likeness (QED) is 0.122. The van der Waals surface area contributed by atoms with Gasteiger partial charge in [0.25, 0.3) is 0 Å². The monoisotopic (exact) mass is 523 g/mol. The Labute approximate surface area is 227 Å². The van der Waals surface area contributed by atoms with E-state index in [1.807, 2.05) is 61.5 Å². The van der Waals surface area contributed by atoms with Crippen molar-refractivity contribution in [1.29, 1.82) is 0 Å². The summed E-state index contributed by atoms with van der Waals surface area (Å²) in [4.78, 5) is 27.2. The van der Waals surface area contributed by atoms with Crippen molar-refractivity contribution in [3.8, 4) is 0 Å². The highest BCUT2D eigenvalue weighted by Gasteiger charge is 2.51. The summed E-state index contributed by atoms with van der Waals surface area (Å²) in [7, 11) is 0. The zero-order chi connectivity index (χ0) is 28.1. The number of ether oxygens (including phenoxy) is 3. The van der Waals surface area contributed by atoms with Crippen molar-refractivity contribution in [2.24, 2.45) is 5.41 Å². The summed E-state index contributed by atoms with van der Waals surface area (Å²) >= 11 is 0. The fourth-order valence-electron chi connectivity index (χ4n) is 4.55. The molecule has 1 amide bonds. The molecule has 1 saturated heterocycles. The van der Waals surface area contributed by atoms with Crippen LogP contribution in [-0.4, -0.2) is 47.0 Å². The average molecular weight is 524 g/mol. The van der Waals surface area contributed by atoms with Crippen LogP contribution in [0.4, 0.5) is 4.79 Å². The van der Waals surface area contributed by atoms with Gasteiger partial charge in [-0.05, 0) is 68.2 Å². The van der Waals surface area contributed by atoms with Gasteiger partial charge in [0.1, 0.15) is 30.1 Å². The van der Waals surface area contributed by atoms with Gasteiger partial charge in [-0.2, -0.15) is 0 Å². The first-order valence-electron chi connectivity index (χ1n) is 14.7. The van der Waals surface area contributed by atoms with Crippen molar-refractivity contribution < 1.29 is 23.8 Å². The van der Waals surface area contributed by atoms with Gasteiger partial charge >= 0.3 is 12.1 Å². The van der Waals surface area contributed by atoms with Crippen molar-refractivity contribution in [3.05, 3.63) is 12.2 Å². The number of rotatable bonds is 15. The molecule has 0 aromatic heterocycles. The number of hydrogen-bond donors (Lipinski definition) is 0. The average Bonchev–Trinajstić information content (AvgIpc) is 3.02. The minimum atomic E-state index is -0.882. The Bertz CT molecular complexity index is 701. The fourth-order valence-corrected chi connectivity index (χ4v) is 4.55. The molecule has 0 N–H and O–H groups in total. The third-order valence-corrected chi connectivity index (χ3v) is 6.60. The second-order valence-electron chi connectivity index (χ2n) is 13.0. The van der Waals surface area contributed by atoms with E-state index in [0.29, 0.717) is 0 Å². The lowest BCUT2D eigenvalue weighted by molar-refractivity contribution is -0.154.